The van der Waals surface area contributed by atoms with E-state index in [0.29, 0.717) is 15.9 Å². The molecule has 0 aliphatic heterocycles. The van der Waals surface area contributed by atoms with Crippen LogP contribution in [0.25, 0.3) is 16.6 Å². The Morgan fingerprint density at radius 3 is 2.39 bits per heavy atom. The van der Waals surface area contributed by atoms with E-state index in [4.69, 9.17) is 23.2 Å². The number of carbonyl (C=O) groups excluding carboxylic acids is 1. The molecular weight excluding hydrogens is 461 g/mol. The number of halogens is 2. The van der Waals surface area contributed by atoms with Crippen LogP contribution in [0.2, 0.25) is 10.0 Å². The molecule has 0 aliphatic carbocycles. The monoisotopic (exact) mass is 481 g/mol. The van der Waals surface area contributed by atoms with Crippen molar-refractivity contribution in [3.63, 3.8) is 0 Å². The SMILES string of the molecule is Cc1ccc2c(c1)c(=O)n(-c1ccc(Cl)c(Cl)c1)c(=O)n2CC(=O)NC(C)c1ccccc1. The van der Waals surface area contributed by atoms with Gasteiger partial charge in [0.15, 0.2) is 0 Å². The Labute approximate surface area is 200 Å². The number of amides is 1. The highest BCUT2D eigenvalue weighted by molar-refractivity contribution is 6.42. The highest BCUT2D eigenvalue weighted by Gasteiger charge is 2.18. The summed E-state index contributed by atoms with van der Waals surface area (Å²) in [4.78, 5) is 39.6. The molecule has 0 spiro atoms. The molecule has 0 aliphatic rings. The smallest absolute Gasteiger partial charge is 0.336 e. The van der Waals surface area contributed by atoms with Gasteiger partial charge in [0.25, 0.3) is 5.56 Å². The molecular formula is C25H21Cl2N3O3. The van der Waals surface area contributed by atoms with Crippen LogP contribution in [0, 0.1) is 6.92 Å². The molecule has 1 aromatic heterocycles. The van der Waals surface area contributed by atoms with Crippen LogP contribution < -0.4 is 16.6 Å². The summed E-state index contributed by atoms with van der Waals surface area (Å²) in [7, 11) is 0. The number of hydrogen-bond acceptors (Lipinski definition) is 3. The van der Waals surface area contributed by atoms with Crippen LogP contribution in [0.5, 0.6) is 0 Å². The van der Waals surface area contributed by atoms with Gasteiger partial charge in [-0.1, -0.05) is 65.2 Å². The van der Waals surface area contributed by atoms with Crippen LogP contribution in [0.4, 0.5) is 0 Å². The lowest BCUT2D eigenvalue weighted by Gasteiger charge is -2.17. The predicted molar refractivity (Wildman–Crippen MR) is 132 cm³/mol. The maximum atomic E-state index is 13.4. The largest absolute Gasteiger partial charge is 0.348 e. The van der Waals surface area contributed by atoms with Crippen LogP contribution in [0.3, 0.4) is 0 Å². The molecule has 1 N–H and O–H groups in total. The molecule has 4 aromatic rings. The Morgan fingerprint density at radius 2 is 1.70 bits per heavy atom. The van der Waals surface area contributed by atoms with Gasteiger partial charge in [-0.3, -0.25) is 14.2 Å². The summed E-state index contributed by atoms with van der Waals surface area (Å²) in [6.07, 6.45) is 0. The van der Waals surface area contributed by atoms with Crippen LogP contribution in [-0.4, -0.2) is 15.0 Å². The lowest BCUT2D eigenvalue weighted by atomic mass is 10.1. The van der Waals surface area contributed by atoms with Crippen molar-refractivity contribution in [2.45, 2.75) is 26.4 Å². The molecule has 4 rings (SSSR count). The van der Waals surface area contributed by atoms with Crippen molar-refractivity contribution in [1.82, 2.24) is 14.5 Å². The van der Waals surface area contributed by atoms with Gasteiger partial charge in [0, 0.05) is 0 Å². The van der Waals surface area contributed by atoms with Crippen molar-refractivity contribution in [3.05, 3.63) is 109 Å². The van der Waals surface area contributed by atoms with Gasteiger partial charge in [0.1, 0.15) is 6.54 Å². The average molecular weight is 482 g/mol. The summed E-state index contributed by atoms with van der Waals surface area (Å²) < 4.78 is 2.31. The van der Waals surface area contributed by atoms with E-state index in [9.17, 15) is 14.4 Å². The number of carbonyl (C=O) groups is 1. The standard InChI is InChI=1S/C25H21Cl2N3O3/c1-15-8-11-22-19(12-15)24(32)30(18-9-10-20(26)21(27)13-18)25(33)29(22)14-23(31)28-16(2)17-6-4-3-5-7-17/h3-13,16H,14H2,1-2H3,(H,28,31). The van der Waals surface area contributed by atoms with E-state index in [2.05, 4.69) is 5.32 Å². The van der Waals surface area contributed by atoms with Crippen molar-refractivity contribution < 1.29 is 4.79 Å². The topological polar surface area (TPSA) is 73.1 Å². The third-order valence-electron chi connectivity index (χ3n) is 5.44. The second-order valence-electron chi connectivity index (χ2n) is 7.83. The number of rotatable bonds is 5. The number of nitrogens with one attached hydrogen (secondary N) is 1. The predicted octanol–water partition coefficient (Wildman–Crippen LogP) is 4.65. The number of hydrogen-bond donors (Lipinski definition) is 1. The van der Waals surface area contributed by atoms with Gasteiger partial charge in [-0.15, -0.1) is 0 Å². The van der Waals surface area contributed by atoms with Gasteiger partial charge in [0.05, 0.1) is 32.7 Å². The van der Waals surface area contributed by atoms with Crippen molar-refractivity contribution >= 4 is 40.0 Å². The molecule has 0 saturated carbocycles. The third kappa shape index (κ3) is 4.58. The molecule has 1 heterocycles. The van der Waals surface area contributed by atoms with Gasteiger partial charge in [-0.2, -0.15) is 0 Å². The molecule has 1 atom stereocenters. The fourth-order valence-electron chi connectivity index (χ4n) is 3.75. The van der Waals surface area contributed by atoms with E-state index in [1.54, 1.807) is 24.3 Å². The fourth-order valence-corrected chi connectivity index (χ4v) is 4.04. The minimum Gasteiger partial charge on any atom is -0.348 e. The summed E-state index contributed by atoms with van der Waals surface area (Å²) in [5.74, 6) is -0.352. The number of aromatic nitrogens is 2. The van der Waals surface area contributed by atoms with Gasteiger partial charge >= 0.3 is 5.69 Å². The molecule has 1 amide bonds. The summed E-state index contributed by atoms with van der Waals surface area (Å²) >= 11 is 12.1. The second kappa shape index (κ2) is 9.25. The Bertz CT molecular complexity index is 1480. The normalized spacial score (nSPS) is 12.0. The van der Waals surface area contributed by atoms with Crippen molar-refractivity contribution in [2.75, 3.05) is 0 Å². The second-order valence-corrected chi connectivity index (χ2v) is 8.64. The molecule has 33 heavy (non-hydrogen) atoms. The molecule has 6 nitrogen and oxygen atoms in total. The molecule has 3 aromatic carbocycles. The minimum absolute atomic E-state index is 0.214. The Balaban J connectivity index is 1.82. The van der Waals surface area contributed by atoms with E-state index in [0.717, 1.165) is 15.7 Å². The molecule has 168 valence electrons. The van der Waals surface area contributed by atoms with E-state index < -0.39 is 11.2 Å². The number of fused-ring (bicyclic) bond motifs is 1. The molecule has 0 bridgehead atoms. The summed E-state index contributed by atoms with van der Waals surface area (Å²) in [5.41, 5.74) is 1.32. The Kier molecular flexibility index (Phi) is 6.40. The maximum Gasteiger partial charge on any atom is 0.336 e. The highest BCUT2D eigenvalue weighted by Crippen LogP contribution is 2.24. The van der Waals surface area contributed by atoms with Gasteiger partial charge < -0.3 is 5.32 Å². The molecule has 1 unspecified atom stereocenters. The maximum absolute atomic E-state index is 13.4. The molecule has 0 saturated heterocycles. The van der Waals surface area contributed by atoms with Gasteiger partial charge in [-0.05, 0) is 49.7 Å². The van der Waals surface area contributed by atoms with E-state index >= 15 is 0 Å². The zero-order chi connectivity index (χ0) is 23.7. The van der Waals surface area contributed by atoms with Crippen LogP contribution in [0.15, 0.2) is 76.3 Å². The zero-order valence-corrected chi connectivity index (χ0v) is 19.5. The lowest BCUT2D eigenvalue weighted by molar-refractivity contribution is -0.122. The van der Waals surface area contributed by atoms with E-state index in [-0.39, 0.29) is 29.2 Å². The van der Waals surface area contributed by atoms with E-state index in [1.807, 2.05) is 44.2 Å². The first-order chi connectivity index (χ1) is 15.8. The molecule has 8 heteroatoms. The minimum atomic E-state index is -0.641. The first-order valence-corrected chi connectivity index (χ1v) is 11.1. The zero-order valence-electron chi connectivity index (χ0n) is 18.0. The first-order valence-electron chi connectivity index (χ1n) is 10.3. The van der Waals surface area contributed by atoms with Crippen LogP contribution in [-0.2, 0) is 11.3 Å². The quantitative estimate of drug-likeness (QED) is 0.450. The average Bonchev–Trinajstić information content (AvgIpc) is 2.79. The van der Waals surface area contributed by atoms with Crippen molar-refractivity contribution in [1.29, 1.82) is 0 Å². The Hall–Kier alpha value is -3.35. The summed E-state index contributed by atoms with van der Waals surface area (Å²) in [6.45, 7) is 3.47. The highest BCUT2D eigenvalue weighted by atomic mass is 35.5. The van der Waals surface area contributed by atoms with Gasteiger partial charge in [0.2, 0.25) is 5.91 Å². The van der Waals surface area contributed by atoms with Crippen LogP contribution >= 0.6 is 23.2 Å². The number of nitrogens with zero attached hydrogens (tertiary/aromatic N) is 2. The Morgan fingerprint density at radius 1 is 0.970 bits per heavy atom. The number of benzene rings is 3. The molecule has 0 radical (unpaired) electrons. The number of aryl methyl sites for hydroxylation is 1. The van der Waals surface area contributed by atoms with E-state index in [1.165, 1.54) is 16.7 Å². The lowest BCUT2D eigenvalue weighted by Crippen LogP contribution is -2.42. The summed E-state index contributed by atoms with van der Waals surface area (Å²) in [6, 6.07) is 19.0. The third-order valence-corrected chi connectivity index (χ3v) is 6.18. The van der Waals surface area contributed by atoms with Crippen LogP contribution in [0.1, 0.15) is 24.1 Å². The van der Waals surface area contributed by atoms with Crippen molar-refractivity contribution in [2.24, 2.45) is 0 Å². The molecule has 0 fully saturated rings. The summed E-state index contributed by atoms with van der Waals surface area (Å²) in [5, 5.41) is 3.76. The first kappa shape index (κ1) is 22.8. The fraction of sp³-hybridized carbons (Fsp3) is 0.160. The van der Waals surface area contributed by atoms with Gasteiger partial charge in [-0.25, -0.2) is 9.36 Å². The van der Waals surface area contributed by atoms with Crippen molar-refractivity contribution in [3.8, 4) is 5.69 Å².